The summed E-state index contributed by atoms with van der Waals surface area (Å²) in [6.45, 7) is 5.55. The predicted octanol–water partition coefficient (Wildman–Crippen LogP) is 3.50. The molecule has 0 saturated carbocycles. The SMILES string of the molecule is [CH2]C=CC(C)Oc1ccc(Cl)cc1. The van der Waals surface area contributed by atoms with E-state index in [1.54, 1.807) is 18.2 Å². The van der Waals surface area contributed by atoms with Crippen LogP contribution in [0.1, 0.15) is 6.92 Å². The minimum absolute atomic E-state index is 0.0404. The lowest BCUT2D eigenvalue weighted by Gasteiger charge is -2.10. The van der Waals surface area contributed by atoms with Crippen molar-refractivity contribution in [2.45, 2.75) is 13.0 Å². The van der Waals surface area contributed by atoms with Crippen molar-refractivity contribution < 1.29 is 4.74 Å². The molecule has 0 N–H and O–H groups in total. The highest BCUT2D eigenvalue weighted by Crippen LogP contribution is 2.16. The standard InChI is InChI=1S/C11H12ClO/c1-3-4-9(2)13-11-7-5-10(12)6-8-11/h3-9H,1H2,2H3. The maximum Gasteiger partial charge on any atom is 0.120 e. The number of ether oxygens (including phenoxy) is 1. The molecule has 0 aromatic heterocycles. The van der Waals surface area contributed by atoms with Crippen LogP contribution in [0.4, 0.5) is 0 Å². The average molecular weight is 196 g/mol. The molecule has 1 radical (unpaired) electrons. The number of hydrogen-bond acceptors (Lipinski definition) is 1. The number of halogens is 1. The summed E-state index contributed by atoms with van der Waals surface area (Å²) >= 11 is 5.73. The number of allylic oxidation sites excluding steroid dienone is 1. The molecule has 1 atom stereocenters. The molecule has 0 bridgehead atoms. The van der Waals surface area contributed by atoms with E-state index in [4.69, 9.17) is 16.3 Å². The van der Waals surface area contributed by atoms with E-state index < -0.39 is 0 Å². The van der Waals surface area contributed by atoms with Gasteiger partial charge in [0.2, 0.25) is 0 Å². The van der Waals surface area contributed by atoms with Crippen molar-refractivity contribution in [1.29, 1.82) is 0 Å². The Labute approximate surface area is 84.0 Å². The lowest BCUT2D eigenvalue weighted by molar-refractivity contribution is 0.270. The fourth-order valence-electron chi connectivity index (χ4n) is 0.959. The first kappa shape index (κ1) is 10.1. The fraction of sp³-hybridized carbons (Fsp3) is 0.182. The van der Waals surface area contributed by atoms with E-state index in [0.29, 0.717) is 5.02 Å². The van der Waals surface area contributed by atoms with Gasteiger partial charge in [-0.05, 0) is 44.2 Å². The Morgan fingerprint density at radius 3 is 2.54 bits per heavy atom. The molecule has 1 aromatic carbocycles. The van der Waals surface area contributed by atoms with Crippen LogP contribution >= 0.6 is 11.6 Å². The molecule has 0 aliphatic carbocycles. The zero-order valence-corrected chi connectivity index (χ0v) is 8.29. The summed E-state index contributed by atoms with van der Waals surface area (Å²) in [6.07, 6.45) is 3.65. The van der Waals surface area contributed by atoms with E-state index in [1.807, 2.05) is 25.1 Å². The molecule has 1 aromatic rings. The quantitative estimate of drug-likeness (QED) is 0.718. The van der Waals surface area contributed by atoms with Crippen molar-refractivity contribution in [1.82, 2.24) is 0 Å². The number of hydrogen-bond donors (Lipinski definition) is 0. The Morgan fingerprint density at radius 2 is 2.00 bits per heavy atom. The lowest BCUT2D eigenvalue weighted by Crippen LogP contribution is -2.07. The van der Waals surface area contributed by atoms with Crippen molar-refractivity contribution in [2.24, 2.45) is 0 Å². The van der Waals surface area contributed by atoms with Crippen molar-refractivity contribution in [3.8, 4) is 5.75 Å². The fourth-order valence-corrected chi connectivity index (χ4v) is 1.08. The van der Waals surface area contributed by atoms with E-state index in [-0.39, 0.29) is 6.10 Å². The molecular formula is C11H12ClO. The van der Waals surface area contributed by atoms with Gasteiger partial charge in [-0.25, -0.2) is 0 Å². The minimum Gasteiger partial charge on any atom is -0.487 e. The Morgan fingerprint density at radius 1 is 1.38 bits per heavy atom. The summed E-state index contributed by atoms with van der Waals surface area (Å²) in [5.74, 6) is 0.815. The lowest BCUT2D eigenvalue weighted by atomic mass is 10.3. The average Bonchev–Trinajstić information content (AvgIpc) is 2.09. The second-order valence-corrected chi connectivity index (χ2v) is 3.14. The van der Waals surface area contributed by atoms with Crippen molar-refractivity contribution in [3.63, 3.8) is 0 Å². The van der Waals surface area contributed by atoms with Gasteiger partial charge in [-0.15, -0.1) is 0 Å². The monoisotopic (exact) mass is 195 g/mol. The third kappa shape index (κ3) is 3.51. The second kappa shape index (κ2) is 4.93. The van der Waals surface area contributed by atoms with Gasteiger partial charge in [0.15, 0.2) is 0 Å². The summed E-state index contributed by atoms with van der Waals surface area (Å²) in [5.41, 5.74) is 0. The number of rotatable bonds is 3. The van der Waals surface area contributed by atoms with Gasteiger partial charge in [-0.3, -0.25) is 0 Å². The molecule has 1 rings (SSSR count). The number of benzene rings is 1. The Bertz CT molecular complexity index is 277. The van der Waals surface area contributed by atoms with Crippen LogP contribution in [0.3, 0.4) is 0 Å². The van der Waals surface area contributed by atoms with Crippen LogP contribution in [0.5, 0.6) is 5.75 Å². The van der Waals surface area contributed by atoms with Crippen LogP contribution in [0.15, 0.2) is 36.4 Å². The van der Waals surface area contributed by atoms with Crippen molar-refractivity contribution in [3.05, 3.63) is 48.4 Å². The van der Waals surface area contributed by atoms with Crippen molar-refractivity contribution in [2.75, 3.05) is 0 Å². The summed E-state index contributed by atoms with van der Waals surface area (Å²) in [7, 11) is 0. The molecule has 1 nitrogen and oxygen atoms in total. The highest BCUT2D eigenvalue weighted by atomic mass is 35.5. The third-order valence-electron chi connectivity index (χ3n) is 1.54. The van der Waals surface area contributed by atoms with Gasteiger partial charge in [-0.1, -0.05) is 17.7 Å². The van der Waals surface area contributed by atoms with Gasteiger partial charge in [0.05, 0.1) is 0 Å². The molecule has 0 spiro atoms. The summed E-state index contributed by atoms with van der Waals surface area (Å²) in [5, 5.41) is 0.715. The Kier molecular flexibility index (Phi) is 3.84. The van der Waals surface area contributed by atoms with E-state index in [2.05, 4.69) is 6.92 Å². The minimum atomic E-state index is 0.0404. The van der Waals surface area contributed by atoms with Crippen LogP contribution in [0.25, 0.3) is 0 Å². The normalized spacial score (nSPS) is 13.2. The molecule has 69 valence electrons. The van der Waals surface area contributed by atoms with Gasteiger partial charge in [0.1, 0.15) is 11.9 Å². The van der Waals surface area contributed by atoms with Crippen LogP contribution in [-0.2, 0) is 0 Å². The van der Waals surface area contributed by atoms with Crippen LogP contribution in [0, 0.1) is 6.92 Å². The highest BCUT2D eigenvalue weighted by molar-refractivity contribution is 6.30. The topological polar surface area (TPSA) is 9.23 Å². The maximum atomic E-state index is 5.73. The van der Waals surface area contributed by atoms with E-state index in [1.165, 1.54) is 0 Å². The summed E-state index contributed by atoms with van der Waals surface area (Å²) in [6, 6.07) is 7.29. The first-order valence-electron chi connectivity index (χ1n) is 4.10. The molecule has 2 heteroatoms. The smallest absolute Gasteiger partial charge is 0.120 e. The largest absolute Gasteiger partial charge is 0.487 e. The van der Waals surface area contributed by atoms with E-state index >= 15 is 0 Å². The van der Waals surface area contributed by atoms with E-state index in [0.717, 1.165) is 5.75 Å². The maximum absolute atomic E-state index is 5.73. The van der Waals surface area contributed by atoms with Crippen molar-refractivity contribution >= 4 is 11.6 Å². The Balaban J connectivity index is 2.59. The molecule has 0 fully saturated rings. The zero-order chi connectivity index (χ0) is 9.68. The first-order chi connectivity index (χ1) is 6.22. The van der Waals surface area contributed by atoms with Gasteiger partial charge >= 0.3 is 0 Å². The molecular weight excluding hydrogens is 184 g/mol. The van der Waals surface area contributed by atoms with Gasteiger partial charge < -0.3 is 4.74 Å². The van der Waals surface area contributed by atoms with Gasteiger partial charge in [0.25, 0.3) is 0 Å². The third-order valence-corrected chi connectivity index (χ3v) is 1.79. The van der Waals surface area contributed by atoms with Gasteiger partial charge in [0, 0.05) is 5.02 Å². The summed E-state index contributed by atoms with van der Waals surface area (Å²) < 4.78 is 5.52. The predicted molar refractivity (Wildman–Crippen MR) is 56.0 cm³/mol. The highest BCUT2D eigenvalue weighted by Gasteiger charge is 1.98. The van der Waals surface area contributed by atoms with Crippen LogP contribution in [-0.4, -0.2) is 6.10 Å². The van der Waals surface area contributed by atoms with Gasteiger partial charge in [-0.2, -0.15) is 0 Å². The molecule has 0 aliphatic rings. The van der Waals surface area contributed by atoms with Crippen LogP contribution in [0.2, 0.25) is 5.02 Å². The molecule has 1 unspecified atom stereocenters. The zero-order valence-electron chi connectivity index (χ0n) is 7.53. The molecule has 0 aliphatic heterocycles. The van der Waals surface area contributed by atoms with E-state index in [9.17, 15) is 0 Å². The summed E-state index contributed by atoms with van der Waals surface area (Å²) in [4.78, 5) is 0. The second-order valence-electron chi connectivity index (χ2n) is 2.71. The molecule has 13 heavy (non-hydrogen) atoms. The first-order valence-corrected chi connectivity index (χ1v) is 4.48. The molecule has 0 heterocycles. The molecule has 0 saturated heterocycles. The molecule has 0 amide bonds. The van der Waals surface area contributed by atoms with Crippen LogP contribution < -0.4 is 4.74 Å². The Hall–Kier alpha value is -0.950.